The monoisotopic (exact) mass is 290 g/mol. The summed E-state index contributed by atoms with van der Waals surface area (Å²) in [5.74, 6) is 0.555. The molecule has 0 amide bonds. The van der Waals surface area contributed by atoms with Crippen molar-refractivity contribution in [2.24, 2.45) is 11.8 Å². The van der Waals surface area contributed by atoms with Gasteiger partial charge in [-0.15, -0.1) is 0 Å². The van der Waals surface area contributed by atoms with E-state index in [1.165, 1.54) is 0 Å². The first-order chi connectivity index (χ1) is 10.2. The molecule has 0 radical (unpaired) electrons. The van der Waals surface area contributed by atoms with Gasteiger partial charge in [-0.1, -0.05) is 12.5 Å². The zero-order valence-electron chi connectivity index (χ0n) is 11.5. The van der Waals surface area contributed by atoms with Crippen molar-refractivity contribution in [2.45, 2.75) is 31.3 Å². The molecule has 2 aliphatic heterocycles. The van der Waals surface area contributed by atoms with Crippen molar-refractivity contribution in [3.8, 4) is 11.5 Å². The van der Waals surface area contributed by atoms with Gasteiger partial charge in [-0.2, -0.15) is 0 Å². The van der Waals surface area contributed by atoms with Crippen LogP contribution in [-0.2, 0) is 4.79 Å². The summed E-state index contributed by atoms with van der Waals surface area (Å²) in [4.78, 5) is 11.6. The predicted octanol–water partition coefficient (Wildman–Crippen LogP) is 1.43. The highest BCUT2D eigenvalue weighted by Crippen LogP contribution is 2.44. The molecule has 4 unspecified atom stereocenters. The van der Waals surface area contributed by atoms with Crippen LogP contribution in [0.1, 0.15) is 30.9 Å². The molecule has 21 heavy (non-hydrogen) atoms. The fraction of sp³-hybridized carbons (Fsp3) is 0.533. The molecule has 0 bridgehead atoms. The van der Waals surface area contributed by atoms with Crippen molar-refractivity contribution in [1.29, 1.82) is 0 Å². The highest BCUT2D eigenvalue weighted by Gasteiger charge is 2.46. The average Bonchev–Trinajstić information content (AvgIpc) is 3.12. The third-order valence-corrected chi connectivity index (χ3v) is 4.84. The Morgan fingerprint density at radius 2 is 2.05 bits per heavy atom. The molecule has 1 saturated carbocycles. The van der Waals surface area contributed by atoms with Gasteiger partial charge < -0.3 is 14.6 Å². The quantitative estimate of drug-likeness (QED) is 0.764. The minimum Gasteiger partial charge on any atom is -0.481 e. The summed E-state index contributed by atoms with van der Waals surface area (Å²) in [5.41, 5.74) is 7.60. The number of carbonyl (C=O) groups is 1. The second kappa shape index (κ2) is 4.89. The summed E-state index contributed by atoms with van der Waals surface area (Å²) in [6, 6.07) is 6.05. The van der Waals surface area contributed by atoms with Crippen molar-refractivity contribution < 1.29 is 19.4 Å². The lowest BCUT2D eigenvalue weighted by atomic mass is 9.72. The third-order valence-electron chi connectivity index (χ3n) is 4.84. The molecule has 4 rings (SSSR count). The number of aliphatic carboxylic acids is 1. The number of carboxylic acids is 1. The van der Waals surface area contributed by atoms with Crippen LogP contribution in [0.2, 0.25) is 0 Å². The van der Waals surface area contributed by atoms with Gasteiger partial charge in [0, 0.05) is 12.0 Å². The van der Waals surface area contributed by atoms with Crippen LogP contribution in [0.25, 0.3) is 0 Å². The normalized spacial score (nSPS) is 33.7. The van der Waals surface area contributed by atoms with E-state index in [0.717, 1.165) is 36.3 Å². The molecule has 2 heterocycles. The number of fused-ring (bicyclic) bond motifs is 2. The highest BCUT2D eigenvalue weighted by atomic mass is 16.7. The van der Waals surface area contributed by atoms with E-state index in [9.17, 15) is 9.90 Å². The number of nitrogens with one attached hydrogen (secondary N) is 2. The average molecular weight is 290 g/mol. The summed E-state index contributed by atoms with van der Waals surface area (Å²) in [7, 11) is 0. The van der Waals surface area contributed by atoms with Crippen LogP contribution in [0.4, 0.5) is 0 Å². The summed E-state index contributed by atoms with van der Waals surface area (Å²) in [6.45, 7) is 0.249. The van der Waals surface area contributed by atoms with Crippen LogP contribution in [0.5, 0.6) is 11.5 Å². The maximum Gasteiger partial charge on any atom is 0.306 e. The molecule has 1 saturated heterocycles. The summed E-state index contributed by atoms with van der Waals surface area (Å²) >= 11 is 0. The Labute approximate surface area is 122 Å². The first-order valence-electron chi connectivity index (χ1n) is 7.37. The van der Waals surface area contributed by atoms with E-state index in [0.29, 0.717) is 0 Å². The summed E-state index contributed by atoms with van der Waals surface area (Å²) in [6.07, 6.45) is 2.73. The lowest BCUT2D eigenvalue weighted by Gasteiger charge is -2.33. The van der Waals surface area contributed by atoms with Crippen LogP contribution in [-0.4, -0.2) is 23.9 Å². The molecular weight excluding hydrogens is 272 g/mol. The van der Waals surface area contributed by atoms with Crippen molar-refractivity contribution >= 4 is 5.97 Å². The minimum atomic E-state index is -0.694. The van der Waals surface area contributed by atoms with Gasteiger partial charge in [0.15, 0.2) is 11.5 Å². The Bertz CT molecular complexity index is 577. The molecule has 3 aliphatic rings. The maximum atomic E-state index is 11.6. The Balaban J connectivity index is 1.66. The molecule has 2 fully saturated rings. The Morgan fingerprint density at radius 1 is 1.19 bits per heavy atom. The molecule has 3 N–H and O–H groups in total. The Morgan fingerprint density at radius 3 is 2.90 bits per heavy atom. The fourth-order valence-electron chi connectivity index (χ4n) is 3.85. The van der Waals surface area contributed by atoms with Crippen LogP contribution in [0.3, 0.4) is 0 Å². The van der Waals surface area contributed by atoms with E-state index in [-0.39, 0.29) is 30.7 Å². The topological polar surface area (TPSA) is 79.8 Å². The molecule has 112 valence electrons. The number of benzene rings is 1. The summed E-state index contributed by atoms with van der Waals surface area (Å²) in [5, 5.41) is 9.50. The fourth-order valence-corrected chi connectivity index (χ4v) is 3.85. The molecule has 1 aromatic rings. The first kappa shape index (κ1) is 12.9. The Hall–Kier alpha value is -1.79. The lowest BCUT2D eigenvalue weighted by molar-refractivity contribution is -0.145. The molecule has 1 aromatic carbocycles. The van der Waals surface area contributed by atoms with E-state index >= 15 is 0 Å². The smallest absolute Gasteiger partial charge is 0.306 e. The van der Waals surface area contributed by atoms with Gasteiger partial charge >= 0.3 is 5.97 Å². The molecular formula is C15H18N2O4. The van der Waals surface area contributed by atoms with Gasteiger partial charge in [0.1, 0.15) is 0 Å². The predicted molar refractivity (Wildman–Crippen MR) is 73.8 cm³/mol. The SMILES string of the molecule is O=C(O)C1CCCC2NNC(c3ccc4c(c3)OCO4)C21. The van der Waals surface area contributed by atoms with Crippen LogP contribution in [0.15, 0.2) is 18.2 Å². The van der Waals surface area contributed by atoms with E-state index in [2.05, 4.69) is 10.9 Å². The molecule has 4 atom stereocenters. The Kier molecular flexibility index (Phi) is 3.01. The second-order valence-corrected chi connectivity index (χ2v) is 5.94. The zero-order valence-corrected chi connectivity index (χ0v) is 11.5. The van der Waals surface area contributed by atoms with Gasteiger partial charge in [0.25, 0.3) is 0 Å². The summed E-state index contributed by atoms with van der Waals surface area (Å²) < 4.78 is 10.8. The number of hydrogen-bond acceptors (Lipinski definition) is 5. The van der Waals surface area contributed by atoms with Gasteiger partial charge in [-0.25, -0.2) is 5.43 Å². The molecule has 1 aliphatic carbocycles. The van der Waals surface area contributed by atoms with Gasteiger partial charge in [0.05, 0.1) is 12.0 Å². The van der Waals surface area contributed by atoms with Crippen molar-refractivity contribution in [1.82, 2.24) is 10.9 Å². The van der Waals surface area contributed by atoms with E-state index < -0.39 is 5.97 Å². The minimum absolute atomic E-state index is 0.00843. The number of ether oxygens (including phenoxy) is 2. The molecule has 6 heteroatoms. The van der Waals surface area contributed by atoms with Gasteiger partial charge in [-0.3, -0.25) is 10.2 Å². The van der Waals surface area contributed by atoms with Crippen LogP contribution in [0, 0.1) is 11.8 Å². The van der Waals surface area contributed by atoms with Crippen LogP contribution < -0.4 is 20.3 Å². The lowest BCUT2D eigenvalue weighted by Crippen LogP contribution is -2.39. The molecule has 6 nitrogen and oxygen atoms in total. The highest BCUT2D eigenvalue weighted by molar-refractivity contribution is 5.71. The molecule has 0 spiro atoms. The number of rotatable bonds is 2. The number of hydrazine groups is 1. The van der Waals surface area contributed by atoms with Gasteiger partial charge in [-0.05, 0) is 30.5 Å². The third kappa shape index (κ3) is 2.06. The van der Waals surface area contributed by atoms with Crippen molar-refractivity contribution in [3.63, 3.8) is 0 Å². The van der Waals surface area contributed by atoms with E-state index in [1.54, 1.807) is 0 Å². The largest absolute Gasteiger partial charge is 0.481 e. The van der Waals surface area contributed by atoms with Crippen molar-refractivity contribution in [3.05, 3.63) is 23.8 Å². The standard InChI is InChI=1S/C15H18N2O4/c18-15(19)9-2-1-3-10-13(9)14(17-16-10)8-4-5-11-12(6-8)21-7-20-11/h4-6,9-10,13-14,16-17H,1-3,7H2,(H,18,19). The van der Waals surface area contributed by atoms with E-state index in [1.807, 2.05) is 18.2 Å². The second-order valence-electron chi connectivity index (χ2n) is 5.94. The maximum absolute atomic E-state index is 11.6. The van der Waals surface area contributed by atoms with Gasteiger partial charge in [0.2, 0.25) is 6.79 Å². The van der Waals surface area contributed by atoms with Crippen LogP contribution >= 0.6 is 0 Å². The zero-order chi connectivity index (χ0) is 14.4. The van der Waals surface area contributed by atoms with E-state index in [4.69, 9.17) is 9.47 Å². The first-order valence-corrected chi connectivity index (χ1v) is 7.37. The number of hydrogen-bond donors (Lipinski definition) is 3. The van der Waals surface area contributed by atoms with Crippen molar-refractivity contribution in [2.75, 3.05) is 6.79 Å². The number of carboxylic acid groups (broad SMARTS) is 1. The molecule has 0 aromatic heterocycles.